The zero-order valence-corrected chi connectivity index (χ0v) is 13.8. The van der Waals surface area contributed by atoms with E-state index in [1.807, 2.05) is 45.1 Å². The monoisotopic (exact) mass is 316 g/mol. The third kappa shape index (κ3) is 3.97. The van der Waals surface area contributed by atoms with Gasteiger partial charge in [-0.15, -0.1) is 0 Å². The predicted molar refractivity (Wildman–Crippen MR) is 87.7 cm³/mol. The number of aromatic nitrogens is 1. The molecule has 0 bridgehead atoms. The number of nitrogens with one attached hydrogen (secondary N) is 1. The molecule has 2 N–H and O–H groups in total. The number of carbonyl (C=O) groups is 2. The van der Waals surface area contributed by atoms with Crippen molar-refractivity contribution < 1.29 is 14.7 Å². The summed E-state index contributed by atoms with van der Waals surface area (Å²) in [6, 6.07) is 3.61. The highest BCUT2D eigenvalue weighted by Crippen LogP contribution is 2.29. The molecule has 1 aliphatic rings. The van der Waals surface area contributed by atoms with Gasteiger partial charge >= 0.3 is 5.97 Å². The molecule has 0 aliphatic heterocycles. The molecule has 5 heteroatoms. The van der Waals surface area contributed by atoms with Crippen molar-refractivity contribution in [3.05, 3.63) is 41.7 Å². The van der Waals surface area contributed by atoms with E-state index in [9.17, 15) is 14.7 Å². The van der Waals surface area contributed by atoms with Crippen LogP contribution in [0.25, 0.3) is 0 Å². The van der Waals surface area contributed by atoms with E-state index < -0.39 is 17.8 Å². The van der Waals surface area contributed by atoms with Crippen LogP contribution in [0.15, 0.2) is 30.5 Å². The van der Waals surface area contributed by atoms with E-state index in [1.54, 1.807) is 6.20 Å². The fourth-order valence-corrected chi connectivity index (χ4v) is 3.01. The third-order valence-electron chi connectivity index (χ3n) is 4.40. The second-order valence-corrected chi connectivity index (χ2v) is 6.43. The van der Waals surface area contributed by atoms with E-state index in [-0.39, 0.29) is 17.9 Å². The number of allylic oxidation sites excluding steroid dienone is 2. The smallest absolute Gasteiger partial charge is 0.307 e. The van der Waals surface area contributed by atoms with E-state index >= 15 is 0 Å². The maximum atomic E-state index is 12.7. The lowest BCUT2D eigenvalue weighted by Crippen LogP contribution is -2.42. The quantitative estimate of drug-likeness (QED) is 0.819. The van der Waals surface area contributed by atoms with Crippen molar-refractivity contribution in [2.45, 2.75) is 39.7 Å². The minimum atomic E-state index is -0.912. The van der Waals surface area contributed by atoms with E-state index in [1.165, 1.54) is 0 Å². The second-order valence-electron chi connectivity index (χ2n) is 6.43. The second kappa shape index (κ2) is 7.40. The first-order valence-corrected chi connectivity index (χ1v) is 8.01. The first-order chi connectivity index (χ1) is 10.9. The lowest BCUT2D eigenvalue weighted by Gasteiger charge is -2.29. The third-order valence-corrected chi connectivity index (χ3v) is 4.40. The average molecular weight is 316 g/mol. The number of carbonyl (C=O) groups excluding carboxylic acids is 1. The van der Waals surface area contributed by atoms with Crippen molar-refractivity contribution in [1.29, 1.82) is 0 Å². The summed E-state index contributed by atoms with van der Waals surface area (Å²) in [6.07, 6.45) is 6.32. The van der Waals surface area contributed by atoms with Crippen LogP contribution < -0.4 is 5.32 Å². The van der Waals surface area contributed by atoms with Crippen LogP contribution in [0, 0.1) is 24.7 Å². The number of hydrogen-bond acceptors (Lipinski definition) is 3. The molecule has 5 nitrogen and oxygen atoms in total. The summed E-state index contributed by atoms with van der Waals surface area (Å²) in [7, 11) is 0. The number of aliphatic carboxylic acids is 1. The maximum Gasteiger partial charge on any atom is 0.307 e. The van der Waals surface area contributed by atoms with Gasteiger partial charge in [0, 0.05) is 6.20 Å². The SMILES string of the molecule is Cc1cccnc1[C@@H](NC(=O)[C@@H]1CC=CC[C@@H]1C(=O)O)C(C)C. The van der Waals surface area contributed by atoms with Crippen molar-refractivity contribution >= 4 is 11.9 Å². The van der Waals surface area contributed by atoms with Crippen molar-refractivity contribution in [2.75, 3.05) is 0 Å². The van der Waals surface area contributed by atoms with E-state index in [4.69, 9.17) is 0 Å². The molecule has 0 fully saturated rings. The number of amides is 1. The number of aryl methyl sites for hydroxylation is 1. The molecular formula is C18H24N2O3. The lowest BCUT2D eigenvalue weighted by molar-refractivity contribution is -0.147. The highest BCUT2D eigenvalue weighted by molar-refractivity contribution is 5.85. The molecule has 0 saturated heterocycles. The standard InChI is InChI=1S/C18H24N2O3/c1-11(2)15(16-12(3)7-6-10-19-16)20-17(21)13-8-4-5-9-14(13)18(22)23/h4-7,10-11,13-15H,8-9H2,1-3H3,(H,20,21)(H,22,23)/t13-,14+,15+/m1/s1. The zero-order valence-electron chi connectivity index (χ0n) is 13.8. The Kier molecular flexibility index (Phi) is 5.53. The topological polar surface area (TPSA) is 79.3 Å². The molecule has 1 aromatic heterocycles. The maximum absolute atomic E-state index is 12.7. The highest BCUT2D eigenvalue weighted by atomic mass is 16.4. The Labute approximate surface area is 136 Å². The largest absolute Gasteiger partial charge is 0.481 e. The molecule has 2 rings (SSSR count). The van der Waals surface area contributed by atoms with Gasteiger partial charge in [-0.05, 0) is 37.3 Å². The Morgan fingerprint density at radius 3 is 2.48 bits per heavy atom. The first kappa shape index (κ1) is 17.2. The molecule has 0 saturated carbocycles. The van der Waals surface area contributed by atoms with Gasteiger partial charge in [-0.1, -0.05) is 32.1 Å². The van der Waals surface area contributed by atoms with Gasteiger partial charge in [0.1, 0.15) is 0 Å². The van der Waals surface area contributed by atoms with E-state index in [2.05, 4.69) is 10.3 Å². The van der Waals surface area contributed by atoms with Crippen molar-refractivity contribution in [3.63, 3.8) is 0 Å². The molecule has 1 heterocycles. The molecule has 0 radical (unpaired) electrons. The zero-order chi connectivity index (χ0) is 17.0. The number of rotatable bonds is 5. The van der Waals surface area contributed by atoms with E-state index in [0.29, 0.717) is 12.8 Å². The highest BCUT2D eigenvalue weighted by Gasteiger charge is 2.35. The van der Waals surface area contributed by atoms with Gasteiger partial charge in [0.05, 0.1) is 23.6 Å². The average Bonchev–Trinajstić information content (AvgIpc) is 2.53. The Balaban J connectivity index is 2.20. The van der Waals surface area contributed by atoms with Crippen molar-refractivity contribution in [3.8, 4) is 0 Å². The number of pyridine rings is 1. The molecule has 1 aromatic rings. The van der Waals surface area contributed by atoms with Crippen LogP contribution in [0.4, 0.5) is 0 Å². The van der Waals surface area contributed by atoms with Gasteiger partial charge in [0.2, 0.25) is 5.91 Å². The fourth-order valence-electron chi connectivity index (χ4n) is 3.01. The fraction of sp³-hybridized carbons (Fsp3) is 0.500. The molecule has 1 amide bonds. The number of carboxylic acid groups (broad SMARTS) is 1. The Bertz CT molecular complexity index is 610. The molecule has 1 aliphatic carbocycles. The van der Waals surface area contributed by atoms with Crippen LogP contribution in [0.5, 0.6) is 0 Å². The van der Waals surface area contributed by atoms with Crippen LogP contribution >= 0.6 is 0 Å². The summed E-state index contributed by atoms with van der Waals surface area (Å²) in [6.45, 7) is 6.01. The minimum Gasteiger partial charge on any atom is -0.481 e. The van der Waals surface area contributed by atoms with Gasteiger partial charge in [0.25, 0.3) is 0 Å². The van der Waals surface area contributed by atoms with E-state index in [0.717, 1.165) is 11.3 Å². The molecule has 3 atom stereocenters. The summed E-state index contributed by atoms with van der Waals surface area (Å²) in [5, 5.41) is 12.4. The summed E-state index contributed by atoms with van der Waals surface area (Å²) in [5.74, 6) is -2.13. The first-order valence-electron chi connectivity index (χ1n) is 8.01. The summed E-state index contributed by atoms with van der Waals surface area (Å²) in [5.41, 5.74) is 1.86. The number of carboxylic acids is 1. The van der Waals surface area contributed by atoms with Crippen LogP contribution in [-0.2, 0) is 9.59 Å². The summed E-state index contributed by atoms with van der Waals surface area (Å²) < 4.78 is 0. The van der Waals surface area contributed by atoms with Crippen LogP contribution in [0.3, 0.4) is 0 Å². The van der Waals surface area contributed by atoms with Crippen LogP contribution in [0.1, 0.15) is 44.0 Å². The molecule has 124 valence electrons. The van der Waals surface area contributed by atoms with Gasteiger partial charge in [-0.25, -0.2) is 0 Å². The Hall–Kier alpha value is -2.17. The normalized spacial score (nSPS) is 21.9. The van der Waals surface area contributed by atoms with Crippen molar-refractivity contribution in [1.82, 2.24) is 10.3 Å². The number of hydrogen-bond donors (Lipinski definition) is 2. The van der Waals surface area contributed by atoms with Gasteiger partial charge in [-0.2, -0.15) is 0 Å². The molecule has 0 spiro atoms. The molecular weight excluding hydrogens is 292 g/mol. The minimum absolute atomic E-state index is 0.162. The Morgan fingerprint density at radius 2 is 1.91 bits per heavy atom. The van der Waals surface area contributed by atoms with Crippen LogP contribution in [0.2, 0.25) is 0 Å². The van der Waals surface area contributed by atoms with Gasteiger partial charge < -0.3 is 10.4 Å². The van der Waals surface area contributed by atoms with Crippen LogP contribution in [-0.4, -0.2) is 22.0 Å². The van der Waals surface area contributed by atoms with Gasteiger partial charge in [0.15, 0.2) is 0 Å². The lowest BCUT2D eigenvalue weighted by atomic mass is 9.82. The molecule has 0 unspecified atom stereocenters. The summed E-state index contributed by atoms with van der Waals surface area (Å²) >= 11 is 0. The summed E-state index contributed by atoms with van der Waals surface area (Å²) in [4.78, 5) is 28.5. The molecule has 23 heavy (non-hydrogen) atoms. The Morgan fingerprint density at radius 1 is 1.26 bits per heavy atom. The predicted octanol–water partition coefficient (Wildman–Crippen LogP) is 2.87. The molecule has 0 aromatic carbocycles. The van der Waals surface area contributed by atoms with Gasteiger partial charge in [-0.3, -0.25) is 14.6 Å². The van der Waals surface area contributed by atoms with Crippen molar-refractivity contribution in [2.24, 2.45) is 17.8 Å². The number of nitrogens with zero attached hydrogens (tertiary/aromatic N) is 1.